The number of anilines is 1. The van der Waals surface area contributed by atoms with E-state index >= 15 is 0 Å². The maximum absolute atomic E-state index is 13.7. The molecule has 0 atom stereocenters. The quantitative estimate of drug-likeness (QED) is 0.785. The molecule has 1 amide bonds. The first-order valence-corrected chi connectivity index (χ1v) is 9.23. The Morgan fingerprint density at radius 1 is 1.32 bits per heavy atom. The minimum atomic E-state index is -0.232. The molecule has 1 aromatic heterocycles. The summed E-state index contributed by atoms with van der Waals surface area (Å²) in [7, 11) is 1.85. The van der Waals surface area contributed by atoms with E-state index < -0.39 is 0 Å². The van der Waals surface area contributed by atoms with Crippen molar-refractivity contribution in [2.75, 3.05) is 25.0 Å². The van der Waals surface area contributed by atoms with Crippen LogP contribution in [0.5, 0.6) is 0 Å². The highest BCUT2D eigenvalue weighted by Gasteiger charge is 2.22. The number of benzene rings is 1. The molecular formula is C19H26FN3OS. The van der Waals surface area contributed by atoms with Gasteiger partial charge in [-0.2, -0.15) is 0 Å². The third kappa shape index (κ3) is 5.01. The molecule has 0 fully saturated rings. The fourth-order valence-electron chi connectivity index (χ4n) is 2.41. The summed E-state index contributed by atoms with van der Waals surface area (Å²) in [5.74, 6) is -0.317. The molecule has 2 rings (SSSR count). The summed E-state index contributed by atoms with van der Waals surface area (Å²) in [6.07, 6.45) is 0.737. The predicted octanol–water partition coefficient (Wildman–Crippen LogP) is 4.14. The van der Waals surface area contributed by atoms with Crippen molar-refractivity contribution >= 4 is 22.9 Å². The third-order valence-electron chi connectivity index (χ3n) is 3.86. The monoisotopic (exact) mass is 363 g/mol. The van der Waals surface area contributed by atoms with Gasteiger partial charge in [-0.1, -0.05) is 32.9 Å². The van der Waals surface area contributed by atoms with Crippen LogP contribution >= 0.6 is 11.3 Å². The molecule has 0 saturated heterocycles. The van der Waals surface area contributed by atoms with Crippen LogP contribution in [0.3, 0.4) is 0 Å². The van der Waals surface area contributed by atoms with E-state index in [-0.39, 0.29) is 17.1 Å². The number of rotatable bonds is 6. The molecule has 25 heavy (non-hydrogen) atoms. The molecule has 0 aliphatic rings. The first-order chi connectivity index (χ1) is 11.7. The number of carbonyl (C=O) groups is 1. The number of para-hydroxylation sites is 1. The van der Waals surface area contributed by atoms with E-state index in [1.54, 1.807) is 12.1 Å². The van der Waals surface area contributed by atoms with Crippen LogP contribution in [0.25, 0.3) is 0 Å². The van der Waals surface area contributed by atoms with Gasteiger partial charge in [0.05, 0.1) is 16.4 Å². The van der Waals surface area contributed by atoms with Crippen LogP contribution in [-0.4, -0.2) is 31.0 Å². The highest BCUT2D eigenvalue weighted by molar-refractivity contribution is 7.14. The summed E-state index contributed by atoms with van der Waals surface area (Å²) in [5, 5.41) is 3.90. The molecule has 0 spiro atoms. The highest BCUT2D eigenvalue weighted by Crippen LogP contribution is 2.29. The zero-order valence-electron chi connectivity index (χ0n) is 15.5. The summed E-state index contributed by atoms with van der Waals surface area (Å²) in [5.41, 5.74) is 1.29. The maximum atomic E-state index is 13.7. The van der Waals surface area contributed by atoms with E-state index in [0.29, 0.717) is 23.7 Å². The van der Waals surface area contributed by atoms with E-state index in [0.717, 1.165) is 17.1 Å². The van der Waals surface area contributed by atoms with Gasteiger partial charge in [-0.05, 0) is 25.5 Å². The number of amides is 1. The number of nitrogens with one attached hydrogen (secondary N) is 1. The van der Waals surface area contributed by atoms with E-state index in [2.05, 4.69) is 31.1 Å². The van der Waals surface area contributed by atoms with Gasteiger partial charge in [0, 0.05) is 25.6 Å². The number of thiazole rings is 1. The Labute approximate surface area is 153 Å². The first-order valence-electron chi connectivity index (χ1n) is 8.42. The smallest absolute Gasteiger partial charge is 0.263 e. The molecule has 1 aromatic carbocycles. The van der Waals surface area contributed by atoms with Crippen LogP contribution in [0.15, 0.2) is 24.3 Å². The Morgan fingerprint density at radius 3 is 2.60 bits per heavy atom. The number of aryl methyl sites for hydroxylation is 1. The average Bonchev–Trinajstić information content (AvgIpc) is 2.94. The Morgan fingerprint density at radius 2 is 2.00 bits per heavy atom. The number of halogens is 1. The number of aromatic nitrogens is 1. The van der Waals surface area contributed by atoms with Crippen molar-refractivity contribution in [3.05, 3.63) is 45.7 Å². The van der Waals surface area contributed by atoms with Crippen molar-refractivity contribution in [1.82, 2.24) is 10.3 Å². The molecule has 0 aliphatic carbocycles. The molecule has 0 unspecified atom stereocenters. The molecule has 1 N–H and O–H groups in total. The SMILES string of the molecule is Cc1nc(C(C)(C)C)sc1C(=O)NCCCN(C)c1ccccc1F. The lowest BCUT2D eigenvalue weighted by Crippen LogP contribution is -2.28. The van der Waals surface area contributed by atoms with Gasteiger partial charge < -0.3 is 10.2 Å². The van der Waals surface area contributed by atoms with E-state index in [1.165, 1.54) is 17.4 Å². The van der Waals surface area contributed by atoms with Crippen molar-refractivity contribution in [3.8, 4) is 0 Å². The molecule has 0 bridgehead atoms. The van der Waals surface area contributed by atoms with Crippen LogP contribution in [-0.2, 0) is 5.41 Å². The lowest BCUT2D eigenvalue weighted by molar-refractivity contribution is 0.0956. The van der Waals surface area contributed by atoms with Crippen LogP contribution in [0.1, 0.15) is 47.6 Å². The third-order valence-corrected chi connectivity index (χ3v) is 5.45. The standard InChI is InChI=1S/C19H26FN3OS/c1-13-16(25-18(22-13)19(2,3)4)17(24)21-11-8-12-23(5)15-10-7-6-9-14(15)20/h6-7,9-10H,8,11-12H2,1-5H3,(H,21,24). The molecule has 136 valence electrons. The van der Waals surface area contributed by atoms with Crippen molar-refractivity contribution in [3.63, 3.8) is 0 Å². The van der Waals surface area contributed by atoms with Crippen molar-refractivity contribution in [1.29, 1.82) is 0 Å². The molecule has 1 heterocycles. The second kappa shape index (κ2) is 7.95. The average molecular weight is 364 g/mol. The minimum Gasteiger partial charge on any atom is -0.372 e. The van der Waals surface area contributed by atoms with Gasteiger partial charge in [0.15, 0.2) is 0 Å². The molecule has 6 heteroatoms. The Hall–Kier alpha value is -1.95. The summed E-state index contributed by atoms with van der Waals surface area (Å²) in [4.78, 5) is 19.4. The summed E-state index contributed by atoms with van der Waals surface area (Å²) in [6.45, 7) is 9.34. The number of hydrogen-bond acceptors (Lipinski definition) is 4. The zero-order valence-corrected chi connectivity index (χ0v) is 16.3. The molecule has 0 saturated carbocycles. The number of nitrogens with zero attached hydrogens (tertiary/aromatic N) is 2. The van der Waals surface area contributed by atoms with Gasteiger partial charge in [-0.3, -0.25) is 4.79 Å². The van der Waals surface area contributed by atoms with Crippen LogP contribution in [0.4, 0.5) is 10.1 Å². The zero-order chi connectivity index (χ0) is 18.6. The van der Waals surface area contributed by atoms with Gasteiger partial charge in [-0.25, -0.2) is 9.37 Å². The van der Waals surface area contributed by atoms with Gasteiger partial charge in [-0.15, -0.1) is 11.3 Å². The van der Waals surface area contributed by atoms with E-state index in [9.17, 15) is 9.18 Å². The summed E-state index contributed by atoms with van der Waals surface area (Å²) < 4.78 is 13.7. The minimum absolute atomic E-state index is 0.0591. The molecule has 0 radical (unpaired) electrons. The number of hydrogen-bond donors (Lipinski definition) is 1. The second-order valence-electron chi connectivity index (χ2n) is 7.17. The Kier molecular flexibility index (Phi) is 6.16. The van der Waals surface area contributed by atoms with Crippen LogP contribution < -0.4 is 10.2 Å². The highest BCUT2D eigenvalue weighted by atomic mass is 32.1. The normalized spacial score (nSPS) is 11.4. The number of carbonyl (C=O) groups excluding carboxylic acids is 1. The van der Waals surface area contributed by atoms with Gasteiger partial charge in [0.25, 0.3) is 5.91 Å². The Balaban J connectivity index is 1.85. The topological polar surface area (TPSA) is 45.2 Å². The van der Waals surface area contributed by atoms with Gasteiger partial charge >= 0.3 is 0 Å². The first kappa shape index (κ1) is 19.4. The summed E-state index contributed by atoms with van der Waals surface area (Å²) >= 11 is 1.45. The molecule has 2 aromatic rings. The Bertz CT molecular complexity index is 737. The molecule has 4 nitrogen and oxygen atoms in total. The lowest BCUT2D eigenvalue weighted by atomic mass is 9.98. The molecular weight excluding hydrogens is 337 g/mol. The predicted molar refractivity (Wildman–Crippen MR) is 102 cm³/mol. The lowest BCUT2D eigenvalue weighted by Gasteiger charge is -2.19. The van der Waals surface area contributed by atoms with Gasteiger partial charge in [0.2, 0.25) is 0 Å². The second-order valence-corrected chi connectivity index (χ2v) is 8.17. The maximum Gasteiger partial charge on any atom is 0.263 e. The summed E-state index contributed by atoms with van der Waals surface area (Å²) in [6, 6.07) is 6.70. The van der Waals surface area contributed by atoms with E-state index in [1.807, 2.05) is 24.9 Å². The van der Waals surface area contributed by atoms with Crippen molar-refractivity contribution in [2.24, 2.45) is 0 Å². The van der Waals surface area contributed by atoms with Crippen molar-refractivity contribution < 1.29 is 9.18 Å². The van der Waals surface area contributed by atoms with Gasteiger partial charge in [0.1, 0.15) is 10.7 Å². The van der Waals surface area contributed by atoms with E-state index in [4.69, 9.17) is 0 Å². The molecule has 0 aliphatic heterocycles. The van der Waals surface area contributed by atoms with Crippen LogP contribution in [0, 0.1) is 12.7 Å². The van der Waals surface area contributed by atoms with Crippen LogP contribution in [0.2, 0.25) is 0 Å². The largest absolute Gasteiger partial charge is 0.372 e. The fraction of sp³-hybridized carbons (Fsp3) is 0.474. The van der Waals surface area contributed by atoms with Crippen molar-refractivity contribution in [2.45, 2.75) is 39.5 Å². The fourth-order valence-corrected chi connectivity index (χ4v) is 3.45.